The Morgan fingerprint density at radius 2 is 1.62 bits per heavy atom. The minimum Gasteiger partial charge on any atom is -0.396 e. The van der Waals surface area contributed by atoms with E-state index in [-0.39, 0.29) is 0 Å². The van der Waals surface area contributed by atoms with Crippen LogP contribution in [-0.4, -0.2) is 60.8 Å². The van der Waals surface area contributed by atoms with E-state index in [1.807, 2.05) is 0 Å². The molecule has 0 bridgehead atoms. The summed E-state index contributed by atoms with van der Waals surface area (Å²) in [4.78, 5) is 5.12. The number of aliphatic hydroxyl groups is 1. The van der Waals surface area contributed by atoms with E-state index in [1.54, 1.807) is 0 Å². The van der Waals surface area contributed by atoms with Gasteiger partial charge in [0.1, 0.15) is 0 Å². The Morgan fingerprint density at radius 3 is 2.25 bits per heavy atom. The fourth-order valence-corrected chi connectivity index (χ4v) is 2.83. The predicted molar refractivity (Wildman–Crippen MR) is 66.5 cm³/mol. The highest BCUT2D eigenvalue weighted by Crippen LogP contribution is 2.17. The second-order valence-electron chi connectivity index (χ2n) is 5.66. The summed E-state index contributed by atoms with van der Waals surface area (Å²) in [6, 6.07) is 0. The van der Waals surface area contributed by atoms with E-state index in [1.165, 1.54) is 52.0 Å². The molecule has 3 heteroatoms. The van der Waals surface area contributed by atoms with Crippen molar-refractivity contribution in [2.45, 2.75) is 26.2 Å². The SMILES string of the molecule is CC1CCN(CCN2CCC(CO)C2)CC1. The molecule has 2 rings (SSSR count). The monoisotopic (exact) mass is 226 g/mol. The van der Waals surface area contributed by atoms with Crippen molar-refractivity contribution in [2.24, 2.45) is 11.8 Å². The molecule has 1 unspecified atom stereocenters. The zero-order valence-electron chi connectivity index (χ0n) is 10.6. The van der Waals surface area contributed by atoms with Gasteiger partial charge in [0, 0.05) is 26.2 Å². The van der Waals surface area contributed by atoms with Crippen LogP contribution in [0.1, 0.15) is 26.2 Å². The van der Waals surface area contributed by atoms with Crippen molar-refractivity contribution in [3.05, 3.63) is 0 Å². The van der Waals surface area contributed by atoms with E-state index in [2.05, 4.69) is 16.7 Å². The summed E-state index contributed by atoms with van der Waals surface area (Å²) in [5, 5.41) is 9.09. The largest absolute Gasteiger partial charge is 0.396 e. The van der Waals surface area contributed by atoms with Crippen LogP contribution in [0.3, 0.4) is 0 Å². The lowest BCUT2D eigenvalue weighted by molar-refractivity contribution is 0.165. The average molecular weight is 226 g/mol. The van der Waals surface area contributed by atoms with Gasteiger partial charge in [0.15, 0.2) is 0 Å². The lowest BCUT2D eigenvalue weighted by atomic mass is 9.99. The van der Waals surface area contributed by atoms with Gasteiger partial charge >= 0.3 is 0 Å². The normalized spacial score (nSPS) is 30.0. The first-order valence-electron chi connectivity index (χ1n) is 6.83. The van der Waals surface area contributed by atoms with E-state index in [4.69, 9.17) is 5.11 Å². The van der Waals surface area contributed by atoms with Crippen LogP contribution in [-0.2, 0) is 0 Å². The summed E-state index contributed by atoms with van der Waals surface area (Å²) in [6.07, 6.45) is 3.94. The molecule has 16 heavy (non-hydrogen) atoms. The van der Waals surface area contributed by atoms with Gasteiger partial charge in [0.2, 0.25) is 0 Å². The maximum absolute atomic E-state index is 9.09. The molecule has 0 radical (unpaired) electrons. The molecule has 2 aliphatic heterocycles. The maximum Gasteiger partial charge on any atom is 0.0471 e. The fraction of sp³-hybridized carbons (Fsp3) is 1.00. The van der Waals surface area contributed by atoms with Gasteiger partial charge in [-0.25, -0.2) is 0 Å². The molecule has 1 N–H and O–H groups in total. The van der Waals surface area contributed by atoms with E-state index in [9.17, 15) is 0 Å². The molecule has 2 fully saturated rings. The van der Waals surface area contributed by atoms with Crippen molar-refractivity contribution in [1.82, 2.24) is 9.80 Å². The summed E-state index contributed by atoms with van der Waals surface area (Å²) in [6.45, 7) is 10.0. The molecular formula is C13H26N2O. The fourth-order valence-electron chi connectivity index (χ4n) is 2.83. The minimum atomic E-state index is 0.373. The highest BCUT2D eigenvalue weighted by molar-refractivity contribution is 4.77. The van der Waals surface area contributed by atoms with Gasteiger partial charge in [-0.3, -0.25) is 0 Å². The number of rotatable bonds is 4. The molecule has 0 saturated carbocycles. The molecule has 1 atom stereocenters. The van der Waals surface area contributed by atoms with Crippen LogP contribution >= 0.6 is 0 Å². The first kappa shape index (κ1) is 12.3. The first-order valence-corrected chi connectivity index (χ1v) is 6.83. The van der Waals surface area contributed by atoms with Crippen LogP contribution in [0.25, 0.3) is 0 Å². The highest BCUT2D eigenvalue weighted by Gasteiger charge is 2.22. The molecule has 0 amide bonds. The van der Waals surface area contributed by atoms with Crippen molar-refractivity contribution in [3.63, 3.8) is 0 Å². The van der Waals surface area contributed by atoms with Crippen LogP contribution < -0.4 is 0 Å². The third kappa shape index (κ3) is 3.44. The average Bonchev–Trinajstić information content (AvgIpc) is 2.76. The first-order chi connectivity index (χ1) is 7.78. The number of hydrogen-bond acceptors (Lipinski definition) is 3. The van der Waals surface area contributed by atoms with Crippen molar-refractivity contribution < 1.29 is 5.11 Å². The van der Waals surface area contributed by atoms with E-state index in [0.717, 1.165) is 12.5 Å². The molecule has 2 aliphatic rings. The Kier molecular flexibility index (Phi) is 4.62. The summed E-state index contributed by atoms with van der Waals surface area (Å²) >= 11 is 0. The van der Waals surface area contributed by atoms with Gasteiger partial charge in [-0.15, -0.1) is 0 Å². The third-order valence-corrected chi connectivity index (χ3v) is 4.24. The number of aliphatic hydroxyl groups excluding tert-OH is 1. The molecule has 0 aromatic rings. The Morgan fingerprint density at radius 1 is 1.00 bits per heavy atom. The van der Waals surface area contributed by atoms with Crippen molar-refractivity contribution in [1.29, 1.82) is 0 Å². The number of nitrogens with zero attached hydrogens (tertiary/aromatic N) is 2. The van der Waals surface area contributed by atoms with Crippen LogP contribution in [0.15, 0.2) is 0 Å². The maximum atomic E-state index is 9.09. The van der Waals surface area contributed by atoms with Gasteiger partial charge in [-0.1, -0.05) is 6.92 Å². The lowest BCUT2D eigenvalue weighted by Crippen LogP contribution is -2.38. The quantitative estimate of drug-likeness (QED) is 0.776. The van der Waals surface area contributed by atoms with Gasteiger partial charge < -0.3 is 14.9 Å². The van der Waals surface area contributed by atoms with Crippen LogP contribution in [0.2, 0.25) is 0 Å². The second kappa shape index (κ2) is 5.99. The third-order valence-electron chi connectivity index (χ3n) is 4.24. The smallest absolute Gasteiger partial charge is 0.0471 e. The Bertz CT molecular complexity index is 200. The van der Waals surface area contributed by atoms with Gasteiger partial charge in [0.05, 0.1) is 0 Å². The van der Waals surface area contributed by atoms with Gasteiger partial charge in [-0.05, 0) is 50.7 Å². The molecule has 3 nitrogen and oxygen atoms in total. The van der Waals surface area contributed by atoms with Crippen molar-refractivity contribution >= 4 is 0 Å². The summed E-state index contributed by atoms with van der Waals surface area (Å²) in [5.74, 6) is 1.48. The zero-order chi connectivity index (χ0) is 11.4. The van der Waals surface area contributed by atoms with Crippen LogP contribution in [0.4, 0.5) is 0 Å². The van der Waals surface area contributed by atoms with Crippen LogP contribution in [0.5, 0.6) is 0 Å². The zero-order valence-corrected chi connectivity index (χ0v) is 10.6. The molecule has 0 aromatic carbocycles. The molecule has 0 aliphatic carbocycles. The number of piperidine rings is 1. The van der Waals surface area contributed by atoms with Gasteiger partial charge in [0.25, 0.3) is 0 Å². The summed E-state index contributed by atoms with van der Waals surface area (Å²) < 4.78 is 0. The number of hydrogen-bond donors (Lipinski definition) is 1. The number of likely N-dealkylation sites (tertiary alicyclic amines) is 2. The lowest BCUT2D eigenvalue weighted by Gasteiger charge is -2.31. The molecule has 2 saturated heterocycles. The van der Waals surface area contributed by atoms with E-state index < -0.39 is 0 Å². The molecule has 94 valence electrons. The summed E-state index contributed by atoms with van der Waals surface area (Å²) in [5.41, 5.74) is 0. The Labute approximate surface area is 99.4 Å². The van der Waals surface area contributed by atoms with Crippen molar-refractivity contribution in [2.75, 3.05) is 45.9 Å². The topological polar surface area (TPSA) is 26.7 Å². The van der Waals surface area contributed by atoms with E-state index >= 15 is 0 Å². The standard InChI is InChI=1S/C13H26N2O/c1-12-2-5-14(6-3-12)8-9-15-7-4-13(10-15)11-16/h12-13,16H,2-11H2,1H3. The highest BCUT2D eigenvalue weighted by atomic mass is 16.3. The van der Waals surface area contributed by atoms with Crippen LogP contribution in [0, 0.1) is 11.8 Å². The predicted octanol–water partition coefficient (Wildman–Crippen LogP) is 1.03. The minimum absolute atomic E-state index is 0.373. The second-order valence-corrected chi connectivity index (χ2v) is 5.66. The van der Waals surface area contributed by atoms with E-state index in [0.29, 0.717) is 12.5 Å². The Hall–Kier alpha value is -0.120. The molecular weight excluding hydrogens is 200 g/mol. The molecule has 2 heterocycles. The van der Waals surface area contributed by atoms with Gasteiger partial charge in [-0.2, -0.15) is 0 Å². The Balaban J connectivity index is 1.61. The van der Waals surface area contributed by atoms with Crippen molar-refractivity contribution in [3.8, 4) is 0 Å². The molecule has 0 spiro atoms. The molecule has 0 aromatic heterocycles. The summed E-state index contributed by atoms with van der Waals surface area (Å²) in [7, 11) is 0.